The molecule has 0 saturated carbocycles. The van der Waals surface area contributed by atoms with Gasteiger partial charge in [0.25, 0.3) is 0 Å². The van der Waals surface area contributed by atoms with E-state index in [-0.39, 0.29) is 0 Å². The molecule has 0 bridgehead atoms. The van der Waals surface area contributed by atoms with Gasteiger partial charge >= 0.3 is 0 Å². The lowest BCUT2D eigenvalue weighted by atomic mass is 10.1. The highest BCUT2D eigenvalue weighted by molar-refractivity contribution is 5.80. The van der Waals surface area contributed by atoms with Crippen molar-refractivity contribution < 1.29 is 4.74 Å². The van der Waals surface area contributed by atoms with Crippen molar-refractivity contribution in [2.75, 3.05) is 26.7 Å². The van der Waals surface area contributed by atoms with Gasteiger partial charge in [-0.3, -0.25) is 4.99 Å². The van der Waals surface area contributed by atoms with Crippen molar-refractivity contribution in [3.63, 3.8) is 0 Å². The van der Waals surface area contributed by atoms with Gasteiger partial charge in [-0.15, -0.1) is 0 Å². The van der Waals surface area contributed by atoms with E-state index in [4.69, 9.17) is 4.74 Å². The molecule has 4 nitrogen and oxygen atoms in total. The second-order valence-electron chi connectivity index (χ2n) is 4.49. The van der Waals surface area contributed by atoms with E-state index in [0.717, 1.165) is 44.2 Å². The maximum Gasteiger partial charge on any atom is 0.191 e. The van der Waals surface area contributed by atoms with E-state index in [1.807, 2.05) is 0 Å². The number of benzene rings is 1. The molecule has 2 rings (SSSR count). The molecular weight excluding hydrogens is 226 g/mol. The van der Waals surface area contributed by atoms with E-state index in [1.165, 1.54) is 11.1 Å². The first kappa shape index (κ1) is 12.7. The SMILES string of the molecule is COc1cc(CCNC2=NCCCN2)ccc1C. The van der Waals surface area contributed by atoms with Gasteiger partial charge in [-0.25, -0.2) is 0 Å². The second kappa shape index (κ2) is 6.28. The minimum absolute atomic E-state index is 0.887. The van der Waals surface area contributed by atoms with Crippen LogP contribution in [-0.2, 0) is 6.42 Å². The molecule has 0 spiro atoms. The lowest BCUT2D eigenvalue weighted by molar-refractivity contribution is 0.411. The number of rotatable bonds is 4. The molecule has 1 aromatic carbocycles. The lowest BCUT2D eigenvalue weighted by Crippen LogP contribution is -2.41. The van der Waals surface area contributed by atoms with Gasteiger partial charge < -0.3 is 15.4 Å². The van der Waals surface area contributed by atoms with Crippen molar-refractivity contribution in [2.45, 2.75) is 19.8 Å². The number of hydrogen-bond donors (Lipinski definition) is 2. The molecule has 0 saturated heterocycles. The fourth-order valence-corrected chi connectivity index (χ4v) is 2.00. The zero-order valence-corrected chi connectivity index (χ0v) is 11.1. The quantitative estimate of drug-likeness (QED) is 0.847. The minimum Gasteiger partial charge on any atom is -0.496 e. The predicted molar refractivity (Wildman–Crippen MR) is 74.4 cm³/mol. The van der Waals surface area contributed by atoms with Crippen LogP contribution in [0.3, 0.4) is 0 Å². The average molecular weight is 247 g/mol. The molecule has 1 heterocycles. The number of hydrogen-bond acceptors (Lipinski definition) is 4. The number of aryl methyl sites for hydroxylation is 1. The Kier molecular flexibility index (Phi) is 4.45. The third-order valence-corrected chi connectivity index (χ3v) is 3.08. The van der Waals surface area contributed by atoms with E-state index in [0.29, 0.717) is 0 Å². The lowest BCUT2D eigenvalue weighted by Gasteiger charge is -2.16. The smallest absolute Gasteiger partial charge is 0.191 e. The number of aliphatic imine (C=N–C) groups is 1. The molecule has 0 amide bonds. The number of methoxy groups -OCH3 is 1. The molecule has 1 aromatic rings. The van der Waals surface area contributed by atoms with Crippen LogP contribution in [-0.4, -0.2) is 32.7 Å². The van der Waals surface area contributed by atoms with Gasteiger partial charge in [0.05, 0.1) is 7.11 Å². The molecule has 2 N–H and O–H groups in total. The van der Waals surface area contributed by atoms with Crippen LogP contribution >= 0.6 is 0 Å². The van der Waals surface area contributed by atoms with Gasteiger partial charge in [0, 0.05) is 19.6 Å². The summed E-state index contributed by atoms with van der Waals surface area (Å²) >= 11 is 0. The normalized spacial score (nSPS) is 14.7. The van der Waals surface area contributed by atoms with Gasteiger partial charge in [0.2, 0.25) is 0 Å². The third kappa shape index (κ3) is 3.39. The summed E-state index contributed by atoms with van der Waals surface area (Å²) in [7, 11) is 1.71. The van der Waals surface area contributed by atoms with E-state index < -0.39 is 0 Å². The number of nitrogens with zero attached hydrogens (tertiary/aromatic N) is 1. The summed E-state index contributed by atoms with van der Waals surface area (Å²) in [5.74, 6) is 1.89. The highest BCUT2D eigenvalue weighted by atomic mass is 16.5. The summed E-state index contributed by atoms with van der Waals surface area (Å²) in [6.45, 7) is 4.89. The first-order chi connectivity index (χ1) is 8.79. The molecule has 0 unspecified atom stereocenters. The summed E-state index contributed by atoms with van der Waals surface area (Å²) in [6.07, 6.45) is 2.09. The average Bonchev–Trinajstić information content (AvgIpc) is 2.42. The molecule has 1 aliphatic heterocycles. The summed E-state index contributed by atoms with van der Waals surface area (Å²) in [5.41, 5.74) is 2.45. The molecule has 0 aliphatic carbocycles. The first-order valence-electron chi connectivity index (χ1n) is 6.45. The summed E-state index contributed by atoms with van der Waals surface area (Å²) in [5, 5.41) is 6.57. The van der Waals surface area contributed by atoms with Crippen molar-refractivity contribution in [2.24, 2.45) is 4.99 Å². The van der Waals surface area contributed by atoms with Crippen LogP contribution < -0.4 is 15.4 Å². The molecular formula is C14H21N3O. The maximum atomic E-state index is 5.33. The van der Waals surface area contributed by atoms with Crippen molar-refractivity contribution in [1.82, 2.24) is 10.6 Å². The Morgan fingerprint density at radius 3 is 3.06 bits per heavy atom. The third-order valence-electron chi connectivity index (χ3n) is 3.08. The van der Waals surface area contributed by atoms with Crippen LogP contribution in [0.2, 0.25) is 0 Å². The highest BCUT2D eigenvalue weighted by Crippen LogP contribution is 2.18. The summed E-state index contributed by atoms with van der Waals surface area (Å²) < 4.78 is 5.33. The Bertz CT molecular complexity index is 429. The van der Waals surface area contributed by atoms with Gasteiger partial charge in [0.15, 0.2) is 5.96 Å². The zero-order valence-electron chi connectivity index (χ0n) is 11.1. The van der Waals surface area contributed by atoms with E-state index in [2.05, 4.69) is 40.7 Å². The monoisotopic (exact) mass is 247 g/mol. The van der Waals surface area contributed by atoms with Gasteiger partial charge in [-0.05, 0) is 37.0 Å². The highest BCUT2D eigenvalue weighted by Gasteiger charge is 2.03. The fraction of sp³-hybridized carbons (Fsp3) is 0.500. The second-order valence-corrected chi connectivity index (χ2v) is 4.49. The van der Waals surface area contributed by atoms with Gasteiger partial charge in [0.1, 0.15) is 5.75 Å². The fourth-order valence-electron chi connectivity index (χ4n) is 2.00. The molecule has 98 valence electrons. The Morgan fingerprint density at radius 2 is 2.33 bits per heavy atom. The topological polar surface area (TPSA) is 45.6 Å². The number of ether oxygens (including phenoxy) is 1. The van der Waals surface area contributed by atoms with Crippen molar-refractivity contribution in [1.29, 1.82) is 0 Å². The van der Waals surface area contributed by atoms with Crippen LogP contribution in [0, 0.1) is 6.92 Å². The van der Waals surface area contributed by atoms with Crippen LogP contribution in [0.25, 0.3) is 0 Å². The molecule has 18 heavy (non-hydrogen) atoms. The minimum atomic E-state index is 0.887. The molecule has 0 aromatic heterocycles. The molecule has 0 fully saturated rings. The Morgan fingerprint density at radius 1 is 1.44 bits per heavy atom. The van der Waals surface area contributed by atoms with Gasteiger partial charge in [-0.2, -0.15) is 0 Å². The van der Waals surface area contributed by atoms with Gasteiger partial charge in [-0.1, -0.05) is 12.1 Å². The molecule has 1 aliphatic rings. The van der Waals surface area contributed by atoms with Crippen molar-refractivity contribution >= 4 is 5.96 Å². The van der Waals surface area contributed by atoms with Crippen molar-refractivity contribution in [3.05, 3.63) is 29.3 Å². The molecule has 0 atom stereocenters. The Hall–Kier alpha value is -1.71. The van der Waals surface area contributed by atoms with E-state index in [9.17, 15) is 0 Å². The zero-order chi connectivity index (χ0) is 12.8. The molecule has 0 radical (unpaired) electrons. The summed E-state index contributed by atoms with van der Waals surface area (Å²) in [4.78, 5) is 4.38. The molecule has 4 heteroatoms. The predicted octanol–water partition coefficient (Wildman–Crippen LogP) is 1.49. The van der Waals surface area contributed by atoms with E-state index >= 15 is 0 Å². The largest absolute Gasteiger partial charge is 0.496 e. The van der Waals surface area contributed by atoms with Crippen LogP contribution in [0.1, 0.15) is 17.5 Å². The Labute approximate surface area is 108 Å². The first-order valence-corrected chi connectivity index (χ1v) is 6.45. The van der Waals surface area contributed by atoms with E-state index in [1.54, 1.807) is 7.11 Å². The summed E-state index contributed by atoms with van der Waals surface area (Å²) in [6, 6.07) is 6.35. The maximum absolute atomic E-state index is 5.33. The van der Waals surface area contributed by atoms with Crippen LogP contribution in [0.5, 0.6) is 5.75 Å². The number of guanidine groups is 1. The Balaban J connectivity index is 1.84. The van der Waals surface area contributed by atoms with Crippen molar-refractivity contribution in [3.8, 4) is 5.75 Å². The standard InChI is InChI=1S/C14H21N3O/c1-11-4-5-12(10-13(11)18-2)6-9-17-14-15-7-3-8-16-14/h4-5,10H,3,6-9H2,1-2H3,(H2,15,16,17). The van der Waals surface area contributed by atoms with Crippen LogP contribution in [0.15, 0.2) is 23.2 Å². The number of nitrogens with one attached hydrogen (secondary N) is 2. The van der Waals surface area contributed by atoms with Crippen LogP contribution in [0.4, 0.5) is 0 Å².